The Labute approximate surface area is 97.7 Å². The smallest absolute Gasteiger partial charge is 0.326 e. The van der Waals surface area contributed by atoms with Crippen LogP contribution >= 0.6 is 0 Å². The lowest BCUT2D eigenvalue weighted by Crippen LogP contribution is -2.16. The van der Waals surface area contributed by atoms with Gasteiger partial charge in [-0.05, 0) is 37.5 Å². The Kier molecular flexibility index (Phi) is 3.58. The van der Waals surface area contributed by atoms with Crippen LogP contribution in [0.25, 0.3) is 11.0 Å². The fraction of sp³-hybridized carbons (Fsp3) is 0.417. The molecule has 0 fully saturated rings. The van der Waals surface area contributed by atoms with Gasteiger partial charge in [-0.1, -0.05) is 0 Å². The first-order valence-corrected chi connectivity index (χ1v) is 5.71. The lowest BCUT2D eigenvalue weighted by Gasteiger charge is -2.02. The number of aryl methyl sites for hydroxylation is 1. The van der Waals surface area contributed by atoms with E-state index in [1.807, 2.05) is 0 Å². The Morgan fingerprint density at radius 2 is 2.12 bits per heavy atom. The molecule has 92 valence electrons. The van der Waals surface area contributed by atoms with Gasteiger partial charge in [0.25, 0.3) is 0 Å². The highest BCUT2D eigenvalue weighted by Gasteiger charge is 2.06. The van der Waals surface area contributed by atoms with E-state index in [1.165, 1.54) is 12.1 Å². The molecular formula is C12H15FN2O2. The van der Waals surface area contributed by atoms with Gasteiger partial charge in [0, 0.05) is 13.2 Å². The number of aromatic amines is 1. The van der Waals surface area contributed by atoms with Gasteiger partial charge in [-0.15, -0.1) is 0 Å². The van der Waals surface area contributed by atoms with E-state index in [1.54, 1.807) is 10.6 Å². The van der Waals surface area contributed by atoms with Gasteiger partial charge in [0.1, 0.15) is 5.82 Å². The number of imidazole rings is 1. The normalized spacial score (nSPS) is 11.2. The number of fused-ring (bicyclic) bond motifs is 1. The second-order valence-electron chi connectivity index (χ2n) is 4.03. The third-order valence-electron chi connectivity index (χ3n) is 2.78. The zero-order chi connectivity index (χ0) is 12.3. The standard InChI is InChI=1S/C12H15FN2O2/c13-9-4-5-11-10(8-9)14-12(17)15(11)6-2-1-3-7-16/h4-5,8,16H,1-3,6-7H2,(H,14,17). The van der Waals surface area contributed by atoms with Gasteiger partial charge in [-0.25, -0.2) is 9.18 Å². The maximum absolute atomic E-state index is 13.0. The third kappa shape index (κ3) is 2.55. The van der Waals surface area contributed by atoms with Gasteiger partial charge < -0.3 is 10.1 Å². The Balaban J connectivity index is 2.21. The lowest BCUT2D eigenvalue weighted by atomic mass is 10.2. The molecule has 0 saturated carbocycles. The minimum atomic E-state index is -0.355. The molecule has 0 atom stereocenters. The maximum atomic E-state index is 13.0. The number of nitrogens with zero attached hydrogens (tertiary/aromatic N) is 1. The molecule has 0 aliphatic rings. The summed E-state index contributed by atoms with van der Waals surface area (Å²) in [5.74, 6) is -0.355. The summed E-state index contributed by atoms with van der Waals surface area (Å²) in [6.07, 6.45) is 2.44. The highest BCUT2D eigenvalue weighted by Crippen LogP contribution is 2.12. The zero-order valence-electron chi connectivity index (χ0n) is 9.45. The molecule has 2 aromatic rings. The lowest BCUT2D eigenvalue weighted by molar-refractivity contribution is 0.282. The molecule has 0 unspecified atom stereocenters. The summed E-state index contributed by atoms with van der Waals surface area (Å²) < 4.78 is 14.6. The van der Waals surface area contributed by atoms with Crippen LogP contribution in [0.5, 0.6) is 0 Å². The number of aliphatic hydroxyl groups is 1. The fourth-order valence-electron chi connectivity index (χ4n) is 1.92. The molecule has 0 aliphatic carbocycles. The van der Waals surface area contributed by atoms with Crippen LogP contribution in [0, 0.1) is 5.82 Å². The summed E-state index contributed by atoms with van der Waals surface area (Å²) in [5, 5.41) is 8.66. The number of hydrogen-bond donors (Lipinski definition) is 2. The SMILES string of the molecule is O=c1[nH]c2cc(F)ccc2n1CCCCCO. The van der Waals surface area contributed by atoms with Gasteiger partial charge in [0.15, 0.2) is 0 Å². The molecule has 5 heteroatoms. The van der Waals surface area contributed by atoms with Crippen molar-refractivity contribution < 1.29 is 9.50 Å². The number of aliphatic hydroxyl groups excluding tert-OH is 1. The maximum Gasteiger partial charge on any atom is 0.326 e. The summed E-state index contributed by atoms with van der Waals surface area (Å²) in [6, 6.07) is 4.27. The summed E-state index contributed by atoms with van der Waals surface area (Å²) in [5.41, 5.74) is 1.03. The largest absolute Gasteiger partial charge is 0.396 e. The van der Waals surface area contributed by atoms with Crippen molar-refractivity contribution in [1.82, 2.24) is 9.55 Å². The molecule has 1 aromatic heterocycles. The van der Waals surface area contributed by atoms with Gasteiger partial charge in [-0.2, -0.15) is 0 Å². The Morgan fingerprint density at radius 3 is 2.88 bits per heavy atom. The molecule has 4 nitrogen and oxygen atoms in total. The molecule has 0 saturated heterocycles. The van der Waals surface area contributed by atoms with Crippen LogP contribution in [-0.2, 0) is 6.54 Å². The Bertz CT molecular complexity index is 559. The highest BCUT2D eigenvalue weighted by molar-refractivity contribution is 5.75. The van der Waals surface area contributed by atoms with Crippen molar-refractivity contribution in [2.24, 2.45) is 0 Å². The van der Waals surface area contributed by atoms with Crippen molar-refractivity contribution in [3.8, 4) is 0 Å². The van der Waals surface area contributed by atoms with Crippen LogP contribution in [0.1, 0.15) is 19.3 Å². The van der Waals surface area contributed by atoms with Crippen molar-refractivity contribution >= 4 is 11.0 Å². The number of aromatic nitrogens is 2. The van der Waals surface area contributed by atoms with E-state index in [0.717, 1.165) is 24.8 Å². The van der Waals surface area contributed by atoms with Gasteiger partial charge in [0.05, 0.1) is 11.0 Å². The van der Waals surface area contributed by atoms with Crippen molar-refractivity contribution in [1.29, 1.82) is 0 Å². The number of nitrogens with one attached hydrogen (secondary N) is 1. The monoisotopic (exact) mass is 238 g/mol. The summed E-state index contributed by atoms with van der Waals surface area (Å²) in [6.45, 7) is 0.762. The summed E-state index contributed by atoms with van der Waals surface area (Å²) in [7, 11) is 0. The van der Waals surface area contributed by atoms with Crippen LogP contribution in [0.15, 0.2) is 23.0 Å². The first-order chi connectivity index (χ1) is 8.22. The number of H-pyrrole nitrogens is 1. The molecule has 2 rings (SSSR count). The number of benzene rings is 1. The molecule has 0 spiro atoms. The quantitative estimate of drug-likeness (QED) is 0.778. The molecule has 17 heavy (non-hydrogen) atoms. The molecule has 1 heterocycles. The predicted octanol–water partition coefficient (Wildman–Crippen LogP) is 1.63. The number of halogens is 1. The summed E-state index contributed by atoms with van der Waals surface area (Å²) >= 11 is 0. The third-order valence-corrected chi connectivity index (χ3v) is 2.78. The molecule has 0 aliphatic heterocycles. The van der Waals surface area contributed by atoms with Crippen LogP contribution in [0.3, 0.4) is 0 Å². The van der Waals surface area contributed by atoms with Gasteiger partial charge >= 0.3 is 5.69 Å². The second-order valence-corrected chi connectivity index (χ2v) is 4.03. The average Bonchev–Trinajstić information content (AvgIpc) is 2.60. The summed E-state index contributed by atoms with van der Waals surface area (Å²) in [4.78, 5) is 14.3. The van der Waals surface area contributed by atoms with E-state index in [-0.39, 0.29) is 18.1 Å². The first-order valence-electron chi connectivity index (χ1n) is 5.71. The van der Waals surface area contributed by atoms with Crippen LogP contribution in [0.4, 0.5) is 4.39 Å². The van der Waals surface area contributed by atoms with Crippen molar-refractivity contribution in [2.75, 3.05) is 6.61 Å². The van der Waals surface area contributed by atoms with E-state index < -0.39 is 0 Å². The van der Waals surface area contributed by atoms with E-state index >= 15 is 0 Å². The first kappa shape index (κ1) is 11.9. The van der Waals surface area contributed by atoms with Crippen molar-refractivity contribution in [3.63, 3.8) is 0 Å². The second kappa shape index (κ2) is 5.14. The van der Waals surface area contributed by atoms with Crippen molar-refractivity contribution in [2.45, 2.75) is 25.8 Å². The average molecular weight is 238 g/mol. The van der Waals surface area contributed by atoms with Crippen molar-refractivity contribution in [3.05, 3.63) is 34.5 Å². The minimum Gasteiger partial charge on any atom is -0.396 e. The molecule has 0 bridgehead atoms. The number of unbranched alkanes of at least 4 members (excludes halogenated alkanes) is 2. The fourth-order valence-corrected chi connectivity index (χ4v) is 1.92. The number of rotatable bonds is 5. The van der Waals surface area contributed by atoms with Gasteiger partial charge in [-0.3, -0.25) is 4.57 Å². The predicted molar refractivity (Wildman–Crippen MR) is 63.5 cm³/mol. The Hall–Kier alpha value is -1.62. The molecule has 0 amide bonds. The topological polar surface area (TPSA) is 58.0 Å². The van der Waals surface area contributed by atoms with Gasteiger partial charge in [0.2, 0.25) is 0 Å². The molecule has 1 aromatic carbocycles. The molecular weight excluding hydrogens is 223 g/mol. The Morgan fingerprint density at radius 1 is 1.29 bits per heavy atom. The van der Waals surface area contributed by atoms with Crippen LogP contribution < -0.4 is 5.69 Å². The van der Waals surface area contributed by atoms with E-state index in [0.29, 0.717) is 12.1 Å². The zero-order valence-corrected chi connectivity index (χ0v) is 9.45. The number of hydrogen-bond acceptors (Lipinski definition) is 2. The van der Waals surface area contributed by atoms with E-state index in [9.17, 15) is 9.18 Å². The highest BCUT2D eigenvalue weighted by atomic mass is 19.1. The van der Waals surface area contributed by atoms with E-state index in [4.69, 9.17) is 5.11 Å². The minimum absolute atomic E-state index is 0.175. The van der Waals surface area contributed by atoms with E-state index in [2.05, 4.69) is 4.98 Å². The van der Waals surface area contributed by atoms with Crippen LogP contribution in [-0.4, -0.2) is 21.3 Å². The van der Waals surface area contributed by atoms with Crippen LogP contribution in [0.2, 0.25) is 0 Å². The molecule has 0 radical (unpaired) electrons. The molecule has 2 N–H and O–H groups in total.